The van der Waals surface area contributed by atoms with Crippen molar-refractivity contribution in [2.24, 2.45) is 0 Å². The van der Waals surface area contributed by atoms with Crippen LogP contribution in [-0.4, -0.2) is 45.6 Å². The average molecular weight is 319 g/mol. The molecular weight excluding hydrogens is 298 g/mol. The van der Waals surface area contributed by atoms with Gasteiger partial charge in [0, 0.05) is 5.56 Å². The van der Waals surface area contributed by atoms with E-state index in [1.165, 1.54) is 0 Å². The van der Waals surface area contributed by atoms with Crippen LogP contribution < -0.4 is 5.32 Å². The van der Waals surface area contributed by atoms with Gasteiger partial charge in [0.15, 0.2) is 0 Å². The van der Waals surface area contributed by atoms with Gasteiger partial charge in [-0.25, -0.2) is 9.97 Å². The molecule has 0 aliphatic heterocycles. The molecule has 0 aliphatic rings. The van der Waals surface area contributed by atoms with Crippen LogP contribution in [0.4, 0.5) is 0 Å². The number of aliphatic hydroxyl groups excluding tert-OH is 1. The number of carbonyl (C=O) groups excluding carboxylic acids is 1. The zero-order valence-corrected chi connectivity index (χ0v) is 13.9. The summed E-state index contributed by atoms with van der Waals surface area (Å²) in [6.07, 6.45) is 2.75. The van der Waals surface area contributed by atoms with E-state index in [0.29, 0.717) is 11.1 Å². The van der Waals surface area contributed by atoms with Crippen LogP contribution in [0.5, 0.6) is 0 Å². The molecule has 5 nitrogen and oxygen atoms in total. The van der Waals surface area contributed by atoms with E-state index in [0.717, 1.165) is 29.1 Å². The zero-order chi connectivity index (χ0) is 16.1. The topological polar surface area (TPSA) is 75.1 Å². The summed E-state index contributed by atoms with van der Waals surface area (Å²) >= 11 is 1.69. The molecule has 118 valence electrons. The Morgan fingerprint density at radius 3 is 2.59 bits per heavy atom. The van der Waals surface area contributed by atoms with Gasteiger partial charge in [-0.3, -0.25) is 4.79 Å². The molecule has 22 heavy (non-hydrogen) atoms. The molecule has 0 saturated carbocycles. The number of carbonyl (C=O) groups is 1. The third-order valence-electron chi connectivity index (χ3n) is 3.56. The van der Waals surface area contributed by atoms with Crippen molar-refractivity contribution < 1.29 is 9.90 Å². The Morgan fingerprint density at radius 1 is 1.27 bits per heavy atom. The summed E-state index contributed by atoms with van der Waals surface area (Å²) in [6.45, 7) is 3.76. The summed E-state index contributed by atoms with van der Waals surface area (Å²) in [7, 11) is 0. The first kappa shape index (κ1) is 16.7. The smallest absolute Gasteiger partial charge is 0.251 e. The quantitative estimate of drug-likeness (QED) is 0.853. The Morgan fingerprint density at radius 2 is 1.95 bits per heavy atom. The number of rotatable bonds is 6. The van der Waals surface area contributed by atoms with Crippen LogP contribution in [0.3, 0.4) is 0 Å². The molecule has 0 radical (unpaired) electrons. The Labute approximate surface area is 134 Å². The van der Waals surface area contributed by atoms with Crippen LogP contribution in [0.1, 0.15) is 28.2 Å². The van der Waals surface area contributed by atoms with Crippen molar-refractivity contribution in [3.8, 4) is 0 Å². The van der Waals surface area contributed by atoms with Crippen LogP contribution in [0, 0.1) is 13.8 Å². The first-order valence-electron chi connectivity index (χ1n) is 7.20. The van der Waals surface area contributed by atoms with Crippen molar-refractivity contribution in [2.75, 3.05) is 18.6 Å². The second-order valence-corrected chi connectivity index (χ2v) is 6.22. The van der Waals surface area contributed by atoms with Crippen molar-refractivity contribution in [1.82, 2.24) is 15.3 Å². The van der Waals surface area contributed by atoms with E-state index in [1.807, 2.05) is 20.1 Å². The van der Waals surface area contributed by atoms with E-state index in [1.54, 1.807) is 30.0 Å². The van der Waals surface area contributed by atoms with Crippen LogP contribution in [0.15, 0.2) is 18.2 Å². The van der Waals surface area contributed by atoms with Gasteiger partial charge in [-0.15, -0.1) is 0 Å². The van der Waals surface area contributed by atoms with Crippen LogP contribution >= 0.6 is 11.8 Å². The van der Waals surface area contributed by atoms with Gasteiger partial charge < -0.3 is 10.4 Å². The van der Waals surface area contributed by atoms with Crippen molar-refractivity contribution in [2.45, 2.75) is 26.3 Å². The second kappa shape index (κ2) is 7.56. The van der Waals surface area contributed by atoms with Gasteiger partial charge in [0.05, 0.1) is 35.1 Å². The fourth-order valence-corrected chi connectivity index (χ4v) is 2.63. The van der Waals surface area contributed by atoms with Crippen molar-refractivity contribution in [1.29, 1.82) is 0 Å². The Hall–Kier alpha value is -1.66. The summed E-state index contributed by atoms with van der Waals surface area (Å²) in [5.74, 6) is 0.703. The van der Waals surface area contributed by atoms with Crippen molar-refractivity contribution in [3.63, 3.8) is 0 Å². The van der Waals surface area contributed by atoms with Gasteiger partial charge in [0.25, 0.3) is 5.91 Å². The van der Waals surface area contributed by atoms with Crippen LogP contribution in [-0.2, 0) is 0 Å². The summed E-state index contributed by atoms with van der Waals surface area (Å²) in [4.78, 5) is 21.2. The highest BCUT2D eigenvalue weighted by molar-refractivity contribution is 7.98. The lowest BCUT2D eigenvalue weighted by Gasteiger charge is -2.15. The molecule has 0 unspecified atom stereocenters. The van der Waals surface area contributed by atoms with E-state index >= 15 is 0 Å². The summed E-state index contributed by atoms with van der Waals surface area (Å²) in [5, 5.41) is 12.2. The third kappa shape index (κ3) is 3.96. The maximum atomic E-state index is 12.3. The molecule has 1 heterocycles. The molecule has 0 saturated heterocycles. The van der Waals surface area contributed by atoms with Gasteiger partial charge in [-0.05, 0) is 50.5 Å². The highest BCUT2D eigenvalue weighted by Gasteiger charge is 2.14. The molecule has 1 amide bonds. The largest absolute Gasteiger partial charge is 0.394 e. The first-order valence-corrected chi connectivity index (χ1v) is 8.60. The highest BCUT2D eigenvalue weighted by atomic mass is 32.2. The van der Waals surface area contributed by atoms with E-state index in [4.69, 9.17) is 0 Å². The fraction of sp³-hybridized carbons (Fsp3) is 0.438. The van der Waals surface area contributed by atoms with E-state index in [2.05, 4.69) is 15.3 Å². The number of thioether (sulfide) groups is 1. The minimum Gasteiger partial charge on any atom is -0.394 e. The van der Waals surface area contributed by atoms with Crippen LogP contribution in [0.2, 0.25) is 0 Å². The molecule has 0 bridgehead atoms. The fourth-order valence-electron chi connectivity index (χ4n) is 2.11. The lowest BCUT2D eigenvalue weighted by molar-refractivity contribution is 0.0915. The van der Waals surface area contributed by atoms with Crippen molar-refractivity contribution in [3.05, 3.63) is 35.2 Å². The van der Waals surface area contributed by atoms with Gasteiger partial charge in [-0.2, -0.15) is 11.8 Å². The molecule has 0 spiro atoms. The van der Waals surface area contributed by atoms with Gasteiger partial charge in [-0.1, -0.05) is 0 Å². The average Bonchev–Trinajstić information content (AvgIpc) is 2.51. The number of aliphatic hydroxyl groups is 1. The molecule has 0 aliphatic carbocycles. The molecule has 1 aromatic carbocycles. The molecule has 6 heteroatoms. The number of nitrogens with zero attached hydrogens (tertiary/aromatic N) is 2. The zero-order valence-electron chi connectivity index (χ0n) is 13.1. The first-order chi connectivity index (χ1) is 10.5. The van der Waals surface area contributed by atoms with Crippen molar-refractivity contribution >= 4 is 28.7 Å². The third-order valence-corrected chi connectivity index (χ3v) is 4.21. The van der Waals surface area contributed by atoms with Gasteiger partial charge >= 0.3 is 0 Å². The molecule has 1 aromatic heterocycles. The van der Waals surface area contributed by atoms with E-state index in [9.17, 15) is 9.90 Å². The normalized spacial score (nSPS) is 12.4. The molecule has 1 atom stereocenters. The Kier molecular flexibility index (Phi) is 5.74. The van der Waals surface area contributed by atoms with E-state index < -0.39 is 0 Å². The number of hydrogen-bond donors (Lipinski definition) is 2. The highest BCUT2D eigenvalue weighted by Crippen LogP contribution is 2.14. The summed E-state index contributed by atoms with van der Waals surface area (Å²) < 4.78 is 0. The lowest BCUT2D eigenvalue weighted by Crippen LogP contribution is -2.37. The maximum Gasteiger partial charge on any atom is 0.251 e. The number of fused-ring (bicyclic) bond motifs is 1. The Balaban J connectivity index is 2.19. The van der Waals surface area contributed by atoms with Crippen LogP contribution in [0.25, 0.3) is 11.0 Å². The minimum absolute atomic E-state index is 0.0575. The minimum atomic E-state index is -0.221. The molecule has 2 rings (SSSR count). The second-order valence-electron chi connectivity index (χ2n) is 5.23. The monoisotopic (exact) mass is 319 g/mol. The number of benzene rings is 1. The number of hydrogen-bond acceptors (Lipinski definition) is 5. The Bertz CT molecular complexity index is 676. The number of aryl methyl sites for hydroxylation is 2. The lowest BCUT2D eigenvalue weighted by atomic mass is 10.1. The standard InChI is InChI=1S/C16H21N3O2S/c1-10-11(2)18-15-8-12(4-5-14(15)17-10)16(21)19-13(9-20)6-7-22-3/h4-5,8,13,20H,6-7,9H2,1-3H3,(H,19,21)/t13-/m1/s1. The number of aromatic nitrogens is 2. The number of amides is 1. The van der Waals surface area contributed by atoms with Gasteiger partial charge in [0.1, 0.15) is 0 Å². The SMILES string of the molecule is CSCC[C@H](CO)NC(=O)c1ccc2nc(C)c(C)nc2c1. The number of nitrogens with one attached hydrogen (secondary N) is 1. The predicted octanol–water partition coefficient (Wildman–Crippen LogP) is 2.09. The summed E-state index contributed by atoms with van der Waals surface area (Å²) in [6, 6.07) is 5.07. The summed E-state index contributed by atoms with van der Waals surface area (Å²) in [5.41, 5.74) is 3.77. The molecule has 2 aromatic rings. The predicted molar refractivity (Wildman–Crippen MR) is 90.4 cm³/mol. The van der Waals surface area contributed by atoms with E-state index in [-0.39, 0.29) is 18.6 Å². The molecule has 2 N–H and O–H groups in total. The molecular formula is C16H21N3O2S. The molecule has 0 fully saturated rings. The maximum absolute atomic E-state index is 12.3. The van der Waals surface area contributed by atoms with Gasteiger partial charge in [0.2, 0.25) is 0 Å².